The largest absolute Gasteiger partial charge is 0.384 e. The van der Waals surface area contributed by atoms with Crippen LogP contribution in [0.5, 0.6) is 0 Å². The van der Waals surface area contributed by atoms with Gasteiger partial charge in [-0.1, -0.05) is 66.7 Å². The second kappa shape index (κ2) is 26.2. The lowest BCUT2D eigenvalue weighted by Crippen LogP contribution is -2.60. The molecular formula is C53H61Cl2FN8O10. The maximum Gasteiger partial charge on any atom is 0.264 e. The van der Waals surface area contributed by atoms with Gasteiger partial charge in [0.1, 0.15) is 29.4 Å². The SMILES string of the molecule is CNC(=O)C(CCC=O)N1C(=O)c2cccc(NCCCOCCOCCOCCCNC(=O)c3ccc(NC=O)nc3)c2C1=O.O=C1Nc2cc(Cl)ccc2[C@@]12C(c1cccc(Cl)c1F)CNC21CCCCC1. The minimum atomic E-state index is -1.07. The minimum Gasteiger partial charge on any atom is -0.384 e. The Morgan fingerprint density at radius 3 is 2.30 bits per heavy atom. The zero-order valence-corrected chi connectivity index (χ0v) is 42.6. The Morgan fingerprint density at radius 1 is 0.892 bits per heavy atom. The standard InChI is InChI=1S/C31H40N6O9.C22H21Cl2FN2O/c1-32-29(41)25(8-3-13-38)37-30(42)23-6-2-7-24(27(23)31(37)43)33-11-4-14-44-16-18-46-19-17-45-15-5-12-34-28(40)22-9-10-26(35-20-22)36-21-39;23-13-7-8-15-18(11-13)27-20(28)22(15)16(14-5-4-6-17(24)19(14)25)12-26-21(22)9-2-1-3-10-21/h2,6-7,9-10,13,20-21,25,33H,3-5,8,11-12,14-19H2,1H3,(H,32,41)(H,34,40)(H,35,36,39);4-8,11,16,26H,1-3,9-10,12H2,(H,27,28)/t;16?,22-/m.1/s1. The number of carbonyl (C=O) groups excluding carboxylic acids is 7. The summed E-state index contributed by atoms with van der Waals surface area (Å²) in [5, 5.41) is 18.2. The topological polar surface area (TPSA) is 235 Å². The van der Waals surface area contributed by atoms with E-state index in [4.69, 9.17) is 37.4 Å². The van der Waals surface area contributed by atoms with Crippen molar-refractivity contribution in [2.24, 2.45) is 0 Å². The molecule has 8 rings (SSSR count). The van der Waals surface area contributed by atoms with Crippen molar-refractivity contribution < 1.29 is 52.2 Å². The van der Waals surface area contributed by atoms with Gasteiger partial charge in [0.15, 0.2) is 0 Å². The van der Waals surface area contributed by atoms with Crippen molar-refractivity contribution in [3.63, 3.8) is 0 Å². The normalized spacial score (nSPS) is 18.5. The van der Waals surface area contributed by atoms with Crippen molar-refractivity contribution in [3.8, 4) is 0 Å². The predicted molar refractivity (Wildman–Crippen MR) is 276 cm³/mol. The molecule has 6 N–H and O–H groups in total. The molecule has 4 aliphatic rings. The van der Waals surface area contributed by atoms with Crippen molar-refractivity contribution in [1.29, 1.82) is 0 Å². The molecule has 21 heteroatoms. The number of benzene rings is 3. The molecule has 1 aliphatic carbocycles. The van der Waals surface area contributed by atoms with Crippen molar-refractivity contribution in [3.05, 3.63) is 117 Å². The van der Waals surface area contributed by atoms with Gasteiger partial charge in [-0.15, -0.1) is 0 Å². The van der Waals surface area contributed by atoms with Crippen molar-refractivity contribution >= 4 is 82.6 Å². The van der Waals surface area contributed by atoms with Gasteiger partial charge < -0.3 is 50.9 Å². The van der Waals surface area contributed by atoms with Gasteiger partial charge in [-0.2, -0.15) is 0 Å². The summed E-state index contributed by atoms with van der Waals surface area (Å²) in [6.07, 6.45) is 8.95. The number of aldehydes is 1. The lowest BCUT2D eigenvalue weighted by molar-refractivity contribution is -0.125. The quantitative estimate of drug-likeness (QED) is 0.0253. The van der Waals surface area contributed by atoms with Crippen LogP contribution < -0.4 is 31.9 Å². The lowest BCUT2D eigenvalue weighted by atomic mass is 9.56. The van der Waals surface area contributed by atoms with Crippen LogP contribution in [0.25, 0.3) is 0 Å². The Hall–Kier alpha value is -6.35. The summed E-state index contributed by atoms with van der Waals surface area (Å²) in [6, 6.07) is 17.6. The van der Waals surface area contributed by atoms with E-state index in [9.17, 15) is 33.6 Å². The smallest absolute Gasteiger partial charge is 0.264 e. The number of carbonyl (C=O) groups is 7. The van der Waals surface area contributed by atoms with Crippen LogP contribution in [0.2, 0.25) is 10.0 Å². The fourth-order valence-electron chi connectivity index (χ4n) is 10.5. The molecular weight excluding hydrogens is 999 g/mol. The zero-order chi connectivity index (χ0) is 52.7. The number of nitrogens with zero attached hydrogens (tertiary/aromatic N) is 2. The van der Waals surface area contributed by atoms with Gasteiger partial charge in [0, 0.05) is 80.4 Å². The lowest BCUT2D eigenvalue weighted by Gasteiger charge is -2.47. The van der Waals surface area contributed by atoms with Crippen LogP contribution in [0.3, 0.4) is 0 Å². The summed E-state index contributed by atoms with van der Waals surface area (Å²) in [7, 11) is 1.41. The first kappa shape index (κ1) is 55.4. The number of aromatic nitrogens is 1. The van der Waals surface area contributed by atoms with E-state index in [1.165, 1.54) is 13.2 Å². The van der Waals surface area contributed by atoms with E-state index in [0.29, 0.717) is 112 Å². The molecule has 2 spiro atoms. The number of amides is 6. The molecule has 0 bridgehead atoms. The van der Waals surface area contributed by atoms with Crippen LogP contribution in [-0.2, 0) is 38.8 Å². The van der Waals surface area contributed by atoms with Crippen molar-refractivity contribution in [2.75, 3.05) is 82.3 Å². The average Bonchev–Trinajstić information content (AvgIpc) is 4.04. The number of likely N-dealkylation sites (N-methyl/N-ethyl adjacent to an activating group) is 1. The fourth-order valence-corrected chi connectivity index (χ4v) is 10.9. The molecule has 4 heterocycles. The van der Waals surface area contributed by atoms with Crippen LogP contribution in [0.4, 0.5) is 21.6 Å². The summed E-state index contributed by atoms with van der Waals surface area (Å²) in [5.74, 6) is -2.37. The number of hydrogen-bond acceptors (Lipinski definition) is 13. The molecule has 394 valence electrons. The van der Waals surface area contributed by atoms with E-state index in [0.717, 1.165) is 48.3 Å². The number of ether oxygens (including phenoxy) is 3. The Kier molecular flexibility index (Phi) is 19.6. The monoisotopic (exact) mass is 1060 g/mol. The number of hydrogen-bond donors (Lipinski definition) is 6. The molecule has 1 saturated carbocycles. The molecule has 74 heavy (non-hydrogen) atoms. The maximum absolute atomic E-state index is 15.1. The highest BCUT2D eigenvalue weighted by Crippen LogP contribution is 2.61. The van der Waals surface area contributed by atoms with Crippen LogP contribution in [-0.4, -0.2) is 130 Å². The van der Waals surface area contributed by atoms with Gasteiger partial charge in [0.2, 0.25) is 18.2 Å². The van der Waals surface area contributed by atoms with Crippen LogP contribution in [0.15, 0.2) is 72.9 Å². The highest BCUT2D eigenvalue weighted by atomic mass is 35.5. The molecule has 18 nitrogen and oxygen atoms in total. The molecule has 1 saturated heterocycles. The molecule has 6 amide bonds. The van der Waals surface area contributed by atoms with Gasteiger partial charge in [-0.05, 0) is 85.7 Å². The van der Waals surface area contributed by atoms with E-state index < -0.39 is 40.5 Å². The van der Waals surface area contributed by atoms with Crippen LogP contribution >= 0.6 is 23.2 Å². The van der Waals surface area contributed by atoms with Gasteiger partial charge in [-0.25, -0.2) is 9.37 Å². The van der Waals surface area contributed by atoms with E-state index in [-0.39, 0.29) is 46.7 Å². The molecule has 0 radical (unpaired) electrons. The third kappa shape index (κ3) is 12.1. The molecule has 1 aromatic heterocycles. The fraction of sp³-hybridized carbons (Fsp3) is 0.434. The highest BCUT2D eigenvalue weighted by molar-refractivity contribution is 6.31. The number of nitrogens with one attached hydrogen (secondary N) is 6. The number of imide groups is 1. The molecule has 4 aromatic rings. The zero-order valence-electron chi connectivity index (χ0n) is 41.1. The summed E-state index contributed by atoms with van der Waals surface area (Å²) in [4.78, 5) is 90.6. The number of anilines is 3. The number of fused-ring (bicyclic) bond motifs is 4. The van der Waals surface area contributed by atoms with Crippen LogP contribution in [0.1, 0.15) is 106 Å². The number of rotatable bonds is 24. The first-order valence-corrected chi connectivity index (χ1v) is 25.6. The van der Waals surface area contributed by atoms with E-state index in [2.05, 4.69) is 36.9 Å². The van der Waals surface area contributed by atoms with Gasteiger partial charge in [-0.3, -0.25) is 33.7 Å². The van der Waals surface area contributed by atoms with E-state index in [1.807, 2.05) is 12.1 Å². The highest BCUT2D eigenvalue weighted by Gasteiger charge is 2.68. The number of halogens is 3. The number of pyridine rings is 1. The summed E-state index contributed by atoms with van der Waals surface area (Å²) < 4.78 is 31.7. The third-order valence-electron chi connectivity index (χ3n) is 13.9. The maximum atomic E-state index is 15.1. The summed E-state index contributed by atoms with van der Waals surface area (Å²) in [6.45, 7) is 3.99. The van der Waals surface area contributed by atoms with Crippen LogP contribution in [0, 0.1) is 5.82 Å². The first-order chi connectivity index (χ1) is 35.9. The Balaban J connectivity index is 0.000000241. The second-order valence-corrected chi connectivity index (χ2v) is 19.0. The molecule has 2 unspecified atom stereocenters. The summed E-state index contributed by atoms with van der Waals surface area (Å²) in [5.41, 5.74) is 2.19. The van der Waals surface area contributed by atoms with Crippen molar-refractivity contribution in [2.45, 2.75) is 80.7 Å². The second-order valence-electron chi connectivity index (χ2n) is 18.2. The van der Waals surface area contributed by atoms with E-state index >= 15 is 4.39 Å². The molecule has 3 aliphatic heterocycles. The minimum absolute atomic E-state index is 0.0399. The predicted octanol–water partition coefficient (Wildman–Crippen LogP) is 6.42. The molecule has 3 aromatic carbocycles. The first-order valence-electron chi connectivity index (χ1n) is 24.8. The van der Waals surface area contributed by atoms with E-state index in [1.54, 1.807) is 54.6 Å². The third-order valence-corrected chi connectivity index (χ3v) is 14.4. The van der Waals surface area contributed by atoms with Gasteiger partial charge in [0.25, 0.3) is 17.7 Å². The van der Waals surface area contributed by atoms with Gasteiger partial charge >= 0.3 is 0 Å². The Morgan fingerprint density at radius 2 is 1.61 bits per heavy atom. The summed E-state index contributed by atoms with van der Waals surface area (Å²) >= 11 is 12.3. The molecule has 2 fully saturated rings. The van der Waals surface area contributed by atoms with Gasteiger partial charge in [0.05, 0.1) is 48.1 Å². The average molecular weight is 1060 g/mol. The Bertz CT molecular complexity index is 2670. The molecule has 3 atom stereocenters. The van der Waals surface area contributed by atoms with Crippen molar-refractivity contribution in [1.82, 2.24) is 25.8 Å². The Labute approximate surface area is 438 Å².